The van der Waals surface area contributed by atoms with Gasteiger partial charge in [0.2, 0.25) is 10.0 Å². The van der Waals surface area contributed by atoms with Gasteiger partial charge in [-0.2, -0.15) is 0 Å². The van der Waals surface area contributed by atoms with E-state index in [1.165, 1.54) is 49.1 Å². The minimum atomic E-state index is -3.11. The van der Waals surface area contributed by atoms with E-state index in [0.29, 0.717) is 31.8 Å². The predicted octanol–water partition coefficient (Wildman–Crippen LogP) is 2.02. The predicted molar refractivity (Wildman–Crippen MR) is 91.8 cm³/mol. The third kappa shape index (κ3) is 5.64. The molecule has 0 atom stereocenters. The fourth-order valence-electron chi connectivity index (χ4n) is 3.65. The van der Waals surface area contributed by atoms with Gasteiger partial charge in [-0.3, -0.25) is 0 Å². The van der Waals surface area contributed by atoms with Crippen LogP contribution >= 0.6 is 0 Å². The molecule has 0 aromatic heterocycles. The third-order valence-electron chi connectivity index (χ3n) is 5.28. The van der Waals surface area contributed by atoms with Gasteiger partial charge >= 0.3 is 6.03 Å². The van der Waals surface area contributed by atoms with Crippen LogP contribution in [0, 0.1) is 5.92 Å². The van der Waals surface area contributed by atoms with Crippen molar-refractivity contribution in [2.24, 2.45) is 5.92 Å². The summed E-state index contributed by atoms with van der Waals surface area (Å²) in [5.74, 6) is 0.613. The molecule has 1 N–H and O–H groups in total. The third-order valence-corrected chi connectivity index (χ3v) is 6.58. The second-order valence-electron chi connectivity index (χ2n) is 7.05. The summed E-state index contributed by atoms with van der Waals surface area (Å²) in [6.07, 6.45) is 10.3. The van der Waals surface area contributed by atoms with Gasteiger partial charge in [0.15, 0.2) is 0 Å². The molecule has 2 rings (SSSR count). The summed E-state index contributed by atoms with van der Waals surface area (Å²) in [4.78, 5) is 14.1. The maximum atomic E-state index is 12.3. The highest BCUT2D eigenvalue weighted by molar-refractivity contribution is 7.88. The Morgan fingerprint density at radius 3 is 2.17 bits per heavy atom. The van der Waals surface area contributed by atoms with Crippen LogP contribution in [-0.2, 0) is 10.0 Å². The number of hydrogen-bond donors (Lipinski definition) is 1. The van der Waals surface area contributed by atoms with E-state index in [9.17, 15) is 13.2 Å². The number of carbonyl (C=O) groups is 1. The lowest BCUT2D eigenvalue weighted by Gasteiger charge is -2.35. The monoisotopic (exact) mass is 345 g/mol. The molecular formula is C16H31N3O3S. The lowest BCUT2D eigenvalue weighted by Crippen LogP contribution is -2.50. The molecule has 1 aliphatic carbocycles. The maximum Gasteiger partial charge on any atom is 0.317 e. The van der Waals surface area contributed by atoms with Crippen molar-refractivity contribution in [3.8, 4) is 0 Å². The Morgan fingerprint density at radius 1 is 1.09 bits per heavy atom. The molecule has 0 aromatic carbocycles. The van der Waals surface area contributed by atoms with E-state index in [-0.39, 0.29) is 12.1 Å². The standard InChI is InChI=1S/C16H31N3O3S/c1-18(15-9-11-19(12-10-15)23(2,21)22)16(20)17-13-14-7-5-3-4-6-8-14/h14-15H,3-13H2,1-2H3,(H,17,20). The molecule has 0 spiro atoms. The van der Waals surface area contributed by atoms with Gasteiger partial charge in [-0.15, -0.1) is 0 Å². The molecule has 1 heterocycles. The number of sulfonamides is 1. The van der Waals surface area contributed by atoms with E-state index >= 15 is 0 Å². The van der Waals surface area contributed by atoms with E-state index in [1.54, 1.807) is 4.90 Å². The average molecular weight is 346 g/mol. The van der Waals surface area contributed by atoms with Crippen LogP contribution in [0.5, 0.6) is 0 Å². The van der Waals surface area contributed by atoms with Gasteiger partial charge in [0.1, 0.15) is 0 Å². The van der Waals surface area contributed by atoms with Crippen LogP contribution in [0.3, 0.4) is 0 Å². The zero-order valence-corrected chi connectivity index (χ0v) is 15.3. The molecule has 0 unspecified atom stereocenters. The molecule has 0 radical (unpaired) electrons. The van der Waals surface area contributed by atoms with Crippen molar-refractivity contribution in [3.05, 3.63) is 0 Å². The maximum absolute atomic E-state index is 12.3. The SMILES string of the molecule is CN(C(=O)NCC1CCCCCC1)C1CCN(S(C)(=O)=O)CC1. The van der Waals surface area contributed by atoms with Crippen LogP contribution in [0.2, 0.25) is 0 Å². The lowest BCUT2D eigenvalue weighted by molar-refractivity contribution is 0.161. The summed E-state index contributed by atoms with van der Waals surface area (Å²) >= 11 is 0. The smallest absolute Gasteiger partial charge is 0.317 e. The molecule has 2 fully saturated rings. The van der Waals surface area contributed by atoms with E-state index in [2.05, 4.69) is 5.32 Å². The first-order chi connectivity index (χ1) is 10.9. The summed E-state index contributed by atoms with van der Waals surface area (Å²) in [5, 5.41) is 3.07. The summed E-state index contributed by atoms with van der Waals surface area (Å²) < 4.78 is 24.6. The lowest BCUT2D eigenvalue weighted by atomic mass is 10.0. The molecule has 0 bridgehead atoms. The first-order valence-electron chi connectivity index (χ1n) is 8.83. The van der Waals surface area contributed by atoms with Gasteiger partial charge in [-0.1, -0.05) is 25.7 Å². The topological polar surface area (TPSA) is 69.7 Å². The molecule has 2 aliphatic rings. The molecule has 7 heteroatoms. The average Bonchev–Trinajstić information content (AvgIpc) is 2.80. The number of rotatable bonds is 4. The van der Waals surface area contributed by atoms with E-state index < -0.39 is 10.0 Å². The minimum absolute atomic E-state index is 0.0212. The number of carbonyl (C=O) groups excluding carboxylic acids is 1. The summed E-state index contributed by atoms with van der Waals surface area (Å²) in [6, 6.07) is 0.106. The molecular weight excluding hydrogens is 314 g/mol. The second-order valence-corrected chi connectivity index (χ2v) is 9.03. The number of nitrogens with one attached hydrogen (secondary N) is 1. The number of piperidine rings is 1. The van der Waals surface area contributed by atoms with Crippen molar-refractivity contribution in [1.29, 1.82) is 0 Å². The molecule has 1 saturated heterocycles. The normalized spacial score (nSPS) is 22.5. The van der Waals surface area contributed by atoms with Gasteiger partial charge in [-0.05, 0) is 31.6 Å². The van der Waals surface area contributed by atoms with E-state index in [0.717, 1.165) is 6.54 Å². The summed E-state index contributed by atoms with van der Waals surface area (Å²) in [5.41, 5.74) is 0. The Hall–Kier alpha value is -0.820. The fourth-order valence-corrected chi connectivity index (χ4v) is 4.53. The van der Waals surface area contributed by atoms with Gasteiger partial charge in [0.25, 0.3) is 0 Å². The largest absolute Gasteiger partial charge is 0.338 e. The molecule has 6 nitrogen and oxygen atoms in total. The van der Waals surface area contributed by atoms with Crippen molar-refractivity contribution in [3.63, 3.8) is 0 Å². The first kappa shape index (κ1) is 18.5. The van der Waals surface area contributed by atoms with E-state index in [1.807, 2.05) is 7.05 Å². The summed E-state index contributed by atoms with van der Waals surface area (Å²) in [6.45, 7) is 1.78. The fraction of sp³-hybridized carbons (Fsp3) is 0.938. The van der Waals surface area contributed by atoms with Crippen LogP contribution in [0.1, 0.15) is 51.4 Å². The molecule has 23 heavy (non-hydrogen) atoms. The van der Waals surface area contributed by atoms with Crippen molar-refractivity contribution in [2.45, 2.75) is 57.4 Å². The number of urea groups is 1. The quantitative estimate of drug-likeness (QED) is 0.793. The Morgan fingerprint density at radius 2 is 1.65 bits per heavy atom. The first-order valence-corrected chi connectivity index (χ1v) is 10.7. The highest BCUT2D eigenvalue weighted by Crippen LogP contribution is 2.22. The van der Waals surface area contributed by atoms with Crippen molar-refractivity contribution < 1.29 is 13.2 Å². The van der Waals surface area contributed by atoms with Crippen LogP contribution in [-0.4, -0.2) is 62.6 Å². The van der Waals surface area contributed by atoms with Crippen LogP contribution in [0.25, 0.3) is 0 Å². The number of amides is 2. The molecule has 1 saturated carbocycles. The highest BCUT2D eigenvalue weighted by atomic mass is 32.2. The Bertz CT molecular complexity index is 479. The van der Waals surface area contributed by atoms with Crippen molar-refractivity contribution >= 4 is 16.1 Å². The van der Waals surface area contributed by atoms with Gasteiger partial charge in [0, 0.05) is 32.7 Å². The Balaban J connectivity index is 1.74. The Kier molecular flexibility index (Phi) is 6.71. The molecule has 2 amide bonds. The van der Waals surface area contributed by atoms with Gasteiger partial charge < -0.3 is 10.2 Å². The van der Waals surface area contributed by atoms with Crippen molar-refractivity contribution in [1.82, 2.24) is 14.5 Å². The minimum Gasteiger partial charge on any atom is -0.338 e. The van der Waals surface area contributed by atoms with Crippen LogP contribution < -0.4 is 5.32 Å². The zero-order chi connectivity index (χ0) is 16.9. The van der Waals surface area contributed by atoms with Crippen LogP contribution in [0.15, 0.2) is 0 Å². The number of nitrogens with zero attached hydrogens (tertiary/aromatic N) is 2. The van der Waals surface area contributed by atoms with Crippen LogP contribution in [0.4, 0.5) is 4.79 Å². The second kappa shape index (κ2) is 8.33. The van der Waals surface area contributed by atoms with Crippen molar-refractivity contribution in [2.75, 3.05) is 32.9 Å². The van der Waals surface area contributed by atoms with Gasteiger partial charge in [-0.25, -0.2) is 17.5 Å². The Labute approximate surface area is 140 Å². The van der Waals surface area contributed by atoms with Gasteiger partial charge in [0.05, 0.1) is 6.26 Å². The molecule has 0 aromatic rings. The molecule has 134 valence electrons. The highest BCUT2D eigenvalue weighted by Gasteiger charge is 2.29. The number of hydrogen-bond acceptors (Lipinski definition) is 3. The van der Waals surface area contributed by atoms with E-state index in [4.69, 9.17) is 0 Å². The zero-order valence-electron chi connectivity index (χ0n) is 14.5. The summed E-state index contributed by atoms with van der Waals surface area (Å²) in [7, 11) is -1.29. The molecule has 1 aliphatic heterocycles.